The van der Waals surface area contributed by atoms with E-state index in [1.54, 1.807) is 30.6 Å². The summed E-state index contributed by atoms with van der Waals surface area (Å²) in [5, 5.41) is 9.64. The molecule has 1 aromatic heterocycles. The lowest BCUT2D eigenvalue weighted by atomic mass is 10.2. The summed E-state index contributed by atoms with van der Waals surface area (Å²) >= 11 is 3.35. The minimum Gasteiger partial charge on any atom is -0.507 e. The number of hydrogen-bond acceptors (Lipinski definition) is 3. The number of benzene rings is 1. The van der Waals surface area contributed by atoms with Gasteiger partial charge in [-0.15, -0.1) is 0 Å². The van der Waals surface area contributed by atoms with Gasteiger partial charge in [0.1, 0.15) is 5.75 Å². The van der Waals surface area contributed by atoms with Crippen molar-refractivity contribution in [1.82, 2.24) is 4.98 Å². The van der Waals surface area contributed by atoms with E-state index in [2.05, 4.69) is 25.9 Å². The van der Waals surface area contributed by atoms with Gasteiger partial charge in [0.2, 0.25) is 0 Å². The van der Waals surface area contributed by atoms with E-state index in [-0.39, 0.29) is 5.75 Å². The molecule has 0 atom stereocenters. The number of phenols is 1. The zero-order valence-electron chi connectivity index (χ0n) is 9.26. The number of phenolic OH excluding ortho intramolecular Hbond substituents is 1. The van der Waals surface area contributed by atoms with E-state index in [1.807, 2.05) is 19.1 Å². The maximum absolute atomic E-state index is 9.64. The average Bonchev–Trinajstić information content (AvgIpc) is 2.30. The summed E-state index contributed by atoms with van der Waals surface area (Å²) in [6.07, 6.45) is 3.31. The van der Waals surface area contributed by atoms with Crippen LogP contribution in [0.4, 0.5) is 5.82 Å². The molecule has 0 aliphatic rings. The third-order valence-corrected chi connectivity index (χ3v) is 2.72. The maximum atomic E-state index is 9.64. The molecule has 0 fully saturated rings. The van der Waals surface area contributed by atoms with Crippen molar-refractivity contribution in [2.75, 3.05) is 0 Å². The van der Waals surface area contributed by atoms with Gasteiger partial charge in [0.05, 0.1) is 0 Å². The summed E-state index contributed by atoms with van der Waals surface area (Å²) in [7, 11) is 0. The first-order chi connectivity index (χ1) is 8.15. The zero-order chi connectivity index (χ0) is 12.3. The Labute approximate surface area is 108 Å². The first kappa shape index (κ1) is 11.8. The van der Waals surface area contributed by atoms with Gasteiger partial charge in [0.25, 0.3) is 0 Å². The van der Waals surface area contributed by atoms with Gasteiger partial charge in [-0.1, -0.05) is 15.9 Å². The Balaban J connectivity index is 2.29. The second-order valence-corrected chi connectivity index (χ2v) is 4.57. The van der Waals surface area contributed by atoms with Gasteiger partial charge in [-0.05, 0) is 42.8 Å². The first-order valence-electron chi connectivity index (χ1n) is 5.10. The van der Waals surface area contributed by atoms with Crippen LogP contribution in [0.1, 0.15) is 11.1 Å². The molecule has 0 radical (unpaired) electrons. The molecule has 2 aromatic rings. The molecule has 0 saturated carbocycles. The van der Waals surface area contributed by atoms with Gasteiger partial charge >= 0.3 is 0 Å². The van der Waals surface area contributed by atoms with Crippen molar-refractivity contribution < 1.29 is 5.11 Å². The zero-order valence-corrected chi connectivity index (χ0v) is 10.8. The van der Waals surface area contributed by atoms with E-state index in [4.69, 9.17) is 0 Å². The standard InChI is InChI=1S/C13H11BrN2O/c1-9-4-5-15-13(6-9)16-8-10-7-11(14)2-3-12(10)17/h2-8,17H,1H3. The van der Waals surface area contributed by atoms with Crippen LogP contribution >= 0.6 is 15.9 Å². The molecule has 0 aliphatic heterocycles. The van der Waals surface area contributed by atoms with Crippen LogP contribution in [-0.2, 0) is 0 Å². The molecule has 1 N–H and O–H groups in total. The highest BCUT2D eigenvalue weighted by Crippen LogP contribution is 2.21. The van der Waals surface area contributed by atoms with Crippen LogP contribution in [0.5, 0.6) is 5.75 Å². The molecular formula is C13H11BrN2O. The third kappa shape index (κ3) is 3.14. The Morgan fingerprint density at radius 1 is 1.29 bits per heavy atom. The monoisotopic (exact) mass is 290 g/mol. The lowest BCUT2D eigenvalue weighted by Gasteiger charge is -1.99. The fraction of sp³-hybridized carbons (Fsp3) is 0.0769. The van der Waals surface area contributed by atoms with Gasteiger partial charge in [0, 0.05) is 22.4 Å². The molecule has 2 rings (SSSR count). The SMILES string of the molecule is Cc1ccnc(N=Cc2cc(Br)ccc2O)c1. The van der Waals surface area contributed by atoms with Crippen LogP contribution in [0.3, 0.4) is 0 Å². The molecule has 17 heavy (non-hydrogen) atoms. The predicted octanol–water partition coefficient (Wildman–Crippen LogP) is 3.61. The van der Waals surface area contributed by atoms with Crippen molar-refractivity contribution in [3.05, 3.63) is 52.1 Å². The smallest absolute Gasteiger partial charge is 0.151 e. The number of pyridine rings is 1. The van der Waals surface area contributed by atoms with E-state index >= 15 is 0 Å². The number of rotatable bonds is 2. The van der Waals surface area contributed by atoms with E-state index in [0.717, 1.165) is 10.0 Å². The summed E-state index contributed by atoms with van der Waals surface area (Å²) in [6.45, 7) is 1.98. The largest absolute Gasteiger partial charge is 0.507 e. The first-order valence-corrected chi connectivity index (χ1v) is 5.90. The van der Waals surface area contributed by atoms with Crippen molar-refractivity contribution in [2.24, 2.45) is 4.99 Å². The van der Waals surface area contributed by atoms with Crippen molar-refractivity contribution in [3.8, 4) is 5.75 Å². The summed E-state index contributed by atoms with van der Waals surface area (Å²) in [4.78, 5) is 8.34. The van der Waals surface area contributed by atoms with Crippen molar-refractivity contribution >= 4 is 28.0 Å². The summed E-state index contributed by atoms with van der Waals surface area (Å²) in [5.74, 6) is 0.828. The molecule has 0 saturated heterocycles. The number of hydrogen-bond donors (Lipinski definition) is 1. The van der Waals surface area contributed by atoms with Gasteiger partial charge in [-0.2, -0.15) is 0 Å². The van der Waals surface area contributed by atoms with Gasteiger partial charge in [-0.3, -0.25) is 0 Å². The molecule has 0 spiro atoms. The Morgan fingerprint density at radius 2 is 2.12 bits per heavy atom. The van der Waals surface area contributed by atoms with E-state index in [9.17, 15) is 5.11 Å². The molecule has 0 aliphatic carbocycles. The van der Waals surface area contributed by atoms with Crippen molar-refractivity contribution in [2.45, 2.75) is 6.92 Å². The van der Waals surface area contributed by atoms with E-state index in [0.29, 0.717) is 11.4 Å². The lowest BCUT2D eigenvalue weighted by Crippen LogP contribution is -1.83. The number of aryl methyl sites for hydroxylation is 1. The molecule has 1 aromatic carbocycles. The molecule has 0 bridgehead atoms. The van der Waals surface area contributed by atoms with E-state index < -0.39 is 0 Å². The second kappa shape index (κ2) is 5.10. The third-order valence-electron chi connectivity index (χ3n) is 2.23. The van der Waals surface area contributed by atoms with Crippen LogP contribution in [-0.4, -0.2) is 16.3 Å². The number of aliphatic imine (C=N–C) groups is 1. The van der Waals surface area contributed by atoms with Crippen molar-refractivity contribution in [3.63, 3.8) is 0 Å². The molecule has 3 nitrogen and oxygen atoms in total. The van der Waals surface area contributed by atoms with Crippen molar-refractivity contribution in [1.29, 1.82) is 0 Å². The maximum Gasteiger partial charge on any atom is 0.151 e. The molecule has 86 valence electrons. The van der Waals surface area contributed by atoms with Crippen LogP contribution in [0.25, 0.3) is 0 Å². The number of aromatic nitrogens is 1. The van der Waals surface area contributed by atoms with Crippen LogP contribution in [0, 0.1) is 6.92 Å². The fourth-order valence-corrected chi connectivity index (χ4v) is 1.73. The van der Waals surface area contributed by atoms with Gasteiger partial charge < -0.3 is 5.11 Å². The quantitative estimate of drug-likeness (QED) is 0.859. The highest BCUT2D eigenvalue weighted by Gasteiger charge is 1.99. The van der Waals surface area contributed by atoms with Crippen LogP contribution in [0.15, 0.2) is 46.0 Å². The van der Waals surface area contributed by atoms with E-state index in [1.165, 1.54) is 0 Å². The predicted molar refractivity (Wildman–Crippen MR) is 72.0 cm³/mol. The normalized spacial score (nSPS) is 10.9. The topological polar surface area (TPSA) is 45.5 Å². The Morgan fingerprint density at radius 3 is 2.88 bits per heavy atom. The number of aromatic hydroxyl groups is 1. The number of halogens is 1. The lowest BCUT2D eigenvalue weighted by molar-refractivity contribution is 0.474. The van der Waals surface area contributed by atoms with Crippen LogP contribution < -0.4 is 0 Å². The summed E-state index contributed by atoms with van der Waals surface area (Å²) in [5.41, 5.74) is 1.76. The molecule has 4 heteroatoms. The van der Waals surface area contributed by atoms with Gasteiger partial charge in [-0.25, -0.2) is 9.98 Å². The Hall–Kier alpha value is -1.68. The molecule has 0 unspecified atom stereocenters. The minimum absolute atomic E-state index is 0.199. The fourth-order valence-electron chi connectivity index (χ4n) is 1.36. The van der Waals surface area contributed by atoms with Crippen LogP contribution in [0.2, 0.25) is 0 Å². The summed E-state index contributed by atoms with van der Waals surface area (Å²) in [6, 6.07) is 8.99. The number of nitrogens with zero attached hydrogens (tertiary/aromatic N) is 2. The van der Waals surface area contributed by atoms with Gasteiger partial charge in [0.15, 0.2) is 5.82 Å². The average molecular weight is 291 g/mol. The molecular weight excluding hydrogens is 280 g/mol. The Kier molecular flexibility index (Phi) is 3.54. The Bertz CT molecular complexity index is 567. The minimum atomic E-state index is 0.199. The molecule has 1 heterocycles. The highest BCUT2D eigenvalue weighted by atomic mass is 79.9. The summed E-state index contributed by atoms with van der Waals surface area (Å²) < 4.78 is 0.897. The molecule has 0 amide bonds. The second-order valence-electron chi connectivity index (χ2n) is 3.65. The highest BCUT2D eigenvalue weighted by molar-refractivity contribution is 9.10.